The van der Waals surface area contributed by atoms with E-state index in [1.807, 2.05) is 18.2 Å². The van der Waals surface area contributed by atoms with Crippen LogP contribution in [-0.4, -0.2) is 24.4 Å². The number of aliphatic hydroxyl groups excluding tert-OH is 1. The normalized spacial score (nSPS) is 25.9. The highest BCUT2D eigenvalue weighted by Crippen LogP contribution is 2.27. The molecule has 0 fully saturated rings. The highest BCUT2D eigenvalue weighted by atomic mass is 16.5. The Morgan fingerprint density at radius 1 is 1.43 bits per heavy atom. The molecule has 2 unspecified atom stereocenters. The van der Waals surface area contributed by atoms with Gasteiger partial charge < -0.3 is 15.6 Å². The zero-order valence-electron chi connectivity index (χ0n) is 8.23. The molecule has 0 heterocycles. The minimum Gasteiger partial charge on any atom is -0.398 e. The van der Waals surface area contributed by atoms with Crippen LogP contribution < -0.4 is 5.73 Å². The summed E-state index contributed by atoms with van der Waals surface area (Å²) in [6.07, 6.45) is 0.819. The Labute approximate surface area is 83.5 Å². The summed E-state index contributed by atoms with van der Waals surface area (Å²) >= 11 is 0. The number of hydrogen-bond donors (Lipinski definition) is 2. The molecule has 1 aromatic rings. The van der Waals surface area contributed by atoms with E-state index in [2.05, 4.69) is 0 Å². The zero-order chi connectivity index (χ0) is 10.1. The van der Waals surface area contributed by atoms with Crippen LogP contribution in [0, 0.1) is 0 Å². The number of anilines is 1. The maximum absolute atomic E-state index is 9.74. The first-order valence-corrected chi connectivity index (χ1v) is 4.79. The molecular formula is C11H15NO2. The lowest BCUT2D eigenvalue weighted by Gasteiger charge is -2.29. The Kier molecular flexibility index (Phi) is 2.44. The van der Waals surface area contributed by atoms with Crippen molar-refractivity contribution in [3.05, 3.63) is 29.3 Å². The van der Waals surface area contributed by atoms with Gasteiger partial charge in [-0.15, -0.1) is 0 Å². The van der Waals surface area contributed by atoms with Crippen molar-refractivity contribution in [3.8, 4) is 0 Å². The largest absolute Gasteiger partial charge is 0.398 e. The van der Waals surface area contributed by atoms with E-state index in [-0.39, 0.29) is 6.10 Å². The van der Waals surface area contributed by atoms with Crippen molar-refractivity contribution in [1.29, 1.82) is 0 Å². The van der Waals surface area contributed by atoms with Gasteiger partial charge in [0.15, 0.2) is 0 Å². The molecule has 3 nitrogen and oxygen atoms in total. The second-order valence-corrected chi connectivity index (χ2v) is 3.73. The molecule has 0 amide bonds. The first-order valence-electron chi connectivity index (χ1n) is 4.79. The van der Waals surface area contributed by atoms with Crippen molar-refractivity contribution >= 4 is 5.69 Å². The van der Waals surface area contributed by atoms with E-state index in [4.69, 9.17) is 10.5 Å². The Balaban J connectivity index is 2.36. The average molecular weight is 193 g/mol. The number of nitrogens with two attached hydrogens (primary N) is 1. The lowest BCUT2D eigenvalue weighted by Crippen LogP contribution is -2.36. The van der Waals surface area contributed by atoms with Gasteiger partial charge in [0, 0.05) is 25.6 Å². The van der Waals surface area contributed by atoms with Crippen LogP contribution in [-0.2, 0) is 17.6 Å². The molecule has 0 saturated heterocycles. The predicted octanol–water partition coefficient (Wildman–Crippen LogP) is 0.743. The summed E-state index contributed by atoms with van der Waals surface area (Å²) < 4.78 is 5.21. The molecule has 3 N–H and O–H groups in total. The smallest absolute Gasteiger partial charge is 0.0874 e. The van der Waals surface area contributed by atoms with Crippen molar-refractivity contribution in [1.82, 2.24) is 0 Å². The fourth-order valence-electron chi connectivity index (χ4n) is 2.03. The Hall–Kier alpha value is -1.06. The fraction of sp³-hybridized carbons (Fsp3) is 0.455. The van der Waals surface area contributed by atoms with E-state index in [0.29, 0.717) is 12.8 Å². The number of benzene rings is 1. The van der Waals surface area contributed by atoms with Gasteiger partial charge in [-0.1, -0.05) is 12.1 Å². The number of ether oxygens (including phenoxy) is 1. The quantitative estimate of drug-likeness (QED) is 0.647. The summed E-state index contributed by atoms with van der Waals surface area (Å²) in [7, 11) is 1.62. The number of nitrogen functional groups attached to an aromatic ring is 1. The lowest BCUT2D eigenvalue weighted by atomic mass is 9.87. The molecule has 0 radical (unpaired) electrons. The molecule has 3 heteroatoms. The number of fused-ring (bicyclic) bond motifs is 1. The van der Waals surface area contributed by atoms with E-state index >= 15 is 0 Å². The monoisotopic (exact) mass is 193 g/mol. The van der Waals surface area contributed by atoms with Crippen LogP contribution in [0.1, 0.15) is 11.1 Å². The van der Waals surface area contributed by atoms with E-state index in [1.165, 1.54) is 0 Å². The van der Waals surface area contributed by atoms with Gasteiger partial charge in [-0.3, -0.25) is 0 Å². The van der Waals surface area contributed by atoms with Crippen LogP contribution in [0.2, 0.25) is 0 Å². The molecule has 2 rings (SSSR count). The minimum absolute atomic E-state index is 0.118. The lowest BCUT2D eigenvalue weighted by molar-refractivity contribution is -0.0160. The molecule has 1 aliphatic carbocycles. The van der Waals surface area contributed by atoms with Crippen molar-refractivity contribution in [2.45, 2.75) is 25.0 Å². The topological polar surface area (TPSA) is 55.5 Å². The second-order valence-electron chi connectivity index (χ2n) is 3.73. The molecule has 14 heavy (non-hydrogen) atoms. The Bertz CT molecular complexity index is 338. The molecule has 2 atom stereocenters. The van der Waals surface area contributed by atoms with Crippen LogP contribution in [0.3, 0.4) is 0 Å². The second kappa shape index (κ2) is 3.59. The van der Waals surface area contributed by atoms with Gasteiger partial charge in [0.05, 0.1) is 12.2 Å². The van der Waals surface area contributed by atoms with Gasteiger partial charge in [0.2, 0.25) is 0 Å². The van der Waals surface area contributed by atoms with Gasteiger partial charge in [-0.25, -0.2) is 0 Å². The minimum atomic E-state index is -0.408. The summed E-state index contributed by atoms with van der Waals surface area (Å²) in [5.74, 6) is 0. The molecule has 0 spiro atoms. The summed E-state index contributed by atoms with van der Waals surface area (Å²) in [5, 5.41) is 9.74. The SMILES string of the molecule is COC1Cc2c(N)cccc2CC1O. The van der Waals surface area contributed by atoms with Crippen LogP contribution >= 0.6 is 0 Å². The Morgan fingerprint density at radius 2 is 2.21 bits per heavy atom. The van der Waals surface area contributed by atoms with Crippen LogP contribution in [0.25, 0.3) is 0 Å². The summed E-state index contributed by atoms with van der Waals surface area (Å²) in [6.45, 7) is 0. The maximum atomic E-state index is 9.74. The molecule has 0 bridgehead atoms. The number of hydrogen-bond acceptors (Lipinski definition) is 3. The molecule has 0 aromatic heterocycles. The number of rotatable bonds is 1. The van der Waals surface area contributed by atoms with E-state index in [0.717, 1.165) is 16.8 Å². The maximum Gasteiger partial charge on any atom is 0.0874 e. The van der Waals surface area contributed by atoms with Crippen LogP contribution in [0.4, 0.5) is 5.69 Å². The summed E-state index contributed by atoms with van der Waals surface area (Å²) in [6, 6.07) is 5.83. The summed E-state index contributed by atoms with van der Waals surface area (Å²) in [5.41, 5.74) is 8.94. The highest BCUT2D eigenvalue weighted by Gasteiger charge is 2.27. The van der Waals surface area contributed by atoms with E-state index in [9.17, 15) is 5.11 Å². The standard InChI is InChI=1S/C11H15NO2/c1-14-11-6-8-7(5-10(11)13)3-2-4-9(8)12/h2-4,10-11,13H,5-6,12H2,1H3. The van der Waals surface area contributed by atoms with Crippen molar-refractivity contribution in [2.24, 2.45) is 0 Å². The zero-order valence-corrected chi connectivity index (χ0v) is 8.23. The van der Waals surface area contributed by atoms with Gasteiger partial charge >= 0.3 is 0 Å². The van der Waals surface area contributed by atoms with Crippen LogP contribution in [0.5, 0.6) is 0 Å². The molecule has 0 aliphatic heterocycles. The van der Waals surface area contributed by atoms with Gasteiger partial charge in [0.1, 0.15) is 0 Å². The summed E-state index contributed by atoms with van der Waals surface area (Å²) in [4.78, 5) is 0. The third-order valence-electron chi connectivity index (χ3n) is 2.88. The number of methoxy groups -OCH3 is 1. The van der Waals surface area contributed by atoms with Crippen molar-refractivity contribution < 1.29 is 9.84 Å². The van der Waals surface area contributed by atoms with E-state index < -0.39 is 6.10 Å². The Morgan fingerprint density at radius 3 is 2.93 bits per heavy atom. The van der Waals surface area contributed by atoms with Crippen molar-refractivity contribution in [2.75, 3.05) is 12.8 Å². The molecule has 76 valence electrons. The first-order chi connectivity index (χ1) is 6.72. The first kappa shape index (κ1) is 9.49. The third kappa shape index (κ3) is 1.49. The van der Waals surface area contributed by atoms with Gasteiger partial charge in [-0.05, 0) is 17.2 Å². The van der Waals surface area contributed by atoms with Gasteiger partial charge in [-0.2, -0.15) is 0 Å². The molecule has 0 saturated carbocycles. The van der Waals surface area contributed by atoms with E-state index in [1.54, 1.807) is 7.11 Å². The average Bonchev–Trinajstić information content (AvgIpc) is 2.17. The molecule has 1 aromatic carbocycles. The van der Waals surface area contributed by atoms with Crippen molar-refractivity contribution in [3.63, 3.8) is 0 Å². The molecular weight excluding hydrogens is 178 g/mol. The number of aliphatic hydroxyl groups is 1. The molecule has 1 aliphatic rings. The third-order valence-corrected chi connectivity index (χ3v) is 2.88. The van der Waals surface area contributed by atoms with Gasteiger partial charge in [0.25, 0.3) is 0 Å². The van der Waals surface area contributed by atoms with Crippen LogP contribution in [0.15, 0.2) is 18.2 Å². The highest BCUT2D eigenvalue weighted by molar-refractivity contribution is 5.52. The predicted molar refractivity (Wildman–Crippen MR) is 55.1 cm³/mol. The fourth-order valence-corrected chi connectivity index (χ4v) is 2.03.